The van der Waals surface area contributed by atoms with Gasteiger partial charge < -0.3 is 9.88 Å². The molecular weight excluding hydrogens is 405 g/mol. The molecule has 0 radical (unpaired) electrons. The van der Waals surface area contributed by atoms with Gasteiger partial charge in [-0.2, -0.15) is 5.10 Å². The molecule has 2 aromatic carbocycles. The highest BCUT2D eigenvalue weighted by Crippen LogP contribution is 2.25. The van der Waals surface area contributed by atoms with Crippen molar-refractivity contribution in [1.29, 1.82) is 0 Å². The van der Waals surface area contributed by atoms with Crippen LogP contribution in [-0.4, -0.2) is 25.2 Å². The quantitative estimate of drug-likeness (QED) is 0.510. The zero-order chi connectivity index (χ0) is 22.1. The molecule has 0 atom stereocenters. The van der Waals surface area contributed by atoms with Crippen LogP contribution in [-0.2, 0) is 19.5 Å². The second-order valence-corrected chi connectivity index (χ2v) is 8.16. The molecule has 0 saturated carbocycles. The summed E-state index contributed by atoms with van der Waals surface area (Å²) in [6, 6.07) is 13.9. The van der Waals surface area contributed by atoms with Crippen molar-refractivity contribution >= 4 is 5.91 Å². The van der Waals surface area contributed by atoms with Crippen molar-refractivity contribution < 1.29 is 9.18 Å². The Morgan fingerprint density at radius 1 is 1.12 bits per heavy atom. The first-order chi connectivity index (χ1) is 15.6. The molecule has 7 heteroatoms. The summed E-state index contributed by atoms with van der Waals surface area (Å²) in [6.45, 7) is 3.34. The first kappa shape index (κ1) is 20.2. The van der Waals surface area contributed by atoms with E-state index in [1.54, 1.807) is 23.0 Å². The summed E-state index contributed by atoms with van der Waals surface area (Å²) in [5.41, 5.74) is 4.52. The number of nitrogens with one attached hydrogen (secondary N) is 1. The van der Waals surface area contributed by atoms with E-state index in [-0.39, 0.29) is 11.7 Å². The van der Waals surface area contributed by atoms with Crippen LogP contribution < -0.4 is 5.32 Å². The maximum atomic E-state index is 13.4. The summed E-state index contributed by atoms with van der Waals surface area (Å²) in [6.07, 6.45) is 7.02. The summed E-state index contributed by atoms with van der Waals surface area (Å²) in [7, 11) is 0. The van der Waals surface area contributed by atoms with Crippen molar-refractivity contribution in [2.45, 2.75) is 39.3 Å². The van der Waals surface area contributed by atoms with Gasteiger partial charge in [0, 0.05) is 30.9 Å². The van der Waals surface area contributed by atoms with E-state index in [4.69, 9.17) is 0 Å². The molecule has 0 unspecified atom stereocenters. The summed E-state index contributed by atoms with van der Waals surface area (Å²) in [5.74, 6) is 0.548. The lowest BCUT2D eigenvalue weighted by atomic mass is 10.1. The number of hydrogen-bond acceptors (Lipinski definition) is 3. The number of hydrogen-bond donors (Lipinski definition) is 1. The first-order valence-corrected chi connectivity index (χ1v) is 10.8. The fourth-order valence-corrected chi connectivity index (χ4v) is 4.09. The molecule has 1 aliphatic heterocycles. The molecule has 0 bridgehead atoms. The number of halogens is 1. The summed E-state index contributed by atoms with van der Waals surface area (Å²) < 4.78 is 17.2. The summed E-state index contributed by atoms with van der Waals surface area (Å²) in [4.78, 5) is 17.8. The Morgan fingerprint density at radius 2 is 1.97 bits per heavy atom. The van der Waals surface area contributed by atoms with E-state index >= 15 is 0 Å². The molecule has 1 amide bonds. The topological polar surface area (TPSA) is 64.7 Å². The van der Waals surface area contributed by atoms with Crippen molar-refractivity contribution in [1.82, 2.24) is 24.6 Å². The number of amides is 1. The van der Waals surface area contributed by atoms with E-state index in [1.807, 2.05) is 37.4 Å². The molecule has 6 nitrogen and oxygen atoms in total. The van der Waals surface area contributed by atoms with E-state index in [0.717, 1.165) is 48.5 Å². The van der Waals surface area contributed by atoms with Gasteiger partial charge in [0.15, 0.2) is 0 Å². The van der Waals surface area contributed by atoms with Crippen molar-refractivity contribution in [3.8, 4) is 16.9 Å². The Labute approximate surface area is 185 Å². The minimum atomic E-state index is -0.319. The van der Waals surface area contributed by atoms with Gasteiger partial charge in [0.25, 0.3) is 5.91 Å². The van der Waals surface area contributed by atoms with Crippen LogP contribution in [0.3, 0.4) is 0 Å². The predicted octanol–water partition coefficient (Wildman–Crippen LogP) is 4.45. The number of aromatic nitrogens is 4. The van der Waals surface area contributed by atoms with Crippen LogP contribution in [0.2, 0.25) is 0 Å². The van der Waals surface area contributed by atoms with Crippen LogP contribution in [0.25, 0.3) is 16.9 Å². The van der Waals surface area contributed by atoms with E-state index in [1.165, 1.54) is 12.1 Å². The average molecular weight is 429 g/mol. The molecule has 2 aromatic heterocycles. The maximum absolute atomic E-state index is 13.4. The van der Waals surface area contributed by atoms with Crippen LogP contribution in [0.1, 0.15) is 40.3 Å². The number of benzene rings is 2. The standard InChI is InChI=1S/C25H24FN5O/c1-17-5-4-6-18(13-17)24-22(16-31(29-24)21-10-8-19(26)9-11-21)25(32)27-14-20-15-30-12-3-2-7-23(30)28-20/h4-6,8-11,13,15-16H,2-3,7,12,14H2,1H3,(H,27,32). The van der Waals surface area contributed by atoms with E-state index in [9.17, 15) is 9.18 Å². The van der Waals surface area contributed by atoms with Gasteiger partial charge in [-0.1, -0.05) is 23.8 Å². The maximum Gasteiger partial charge on any atom is 0.255 e. The summed E-state index contributed by atoms with van der Waals surface area (Å²) in [5, 5.41) is 7.66. The Hall–Kier alpha value is -3.74. The van der Waals surface area contributed by atoms with Gasteiger partial charge in [0.05, 0.1) is 23.5 Å². The third-order valence-corrected chi connectivity index (χ3v) is 5.73. The SMILES string of the molecule is Cc1cccc(-c2nn(-c3ccc(F)cc3)cc2C(=O)NCc2cn3c(n2)CCCC3)c1. The average Bonchev–Trinajstić information content (AvgIpc) is 3.42. The highest BCUT2D eigenvalue weighted by Gasteiger charge is 2.20. The molecule has 1 N–H and O–H groups in total. The minimum absolute atomic E-state index is 0.221. The molecule has 0 saturated heterocycles. The second-order valence-electron chi connectivity index (χ2n) is 8.16. The number of carbonyl (C=O) groups excluding carboxylic acids is 1. The highest BCUT2D eigenvalue weighted by atomic mass is 19.1. The molecule has 162 valence electrons. The molecular formula is C25H24FN5O. The molecule has 0 fully saturated rings. The van der Waals surface area contributed by atoms with E-state index < -0.39 is 0 Å². The molecule has 4 aromatic rings. The van der Waals surface area contributed by atoms with Gasteiger partial charge in [-0.25, -0.2) is 14.1 Å². The Bertz CT molecular complexity index is 1250. The third-order valence-electron chi connectivity index (χ3n) is 5.73. The fraction of sp³-hybridized carbons (Fsp3) is 0.240. The number of imidazole rings is 1. The Balaban J connectivity index is 1.44. The first-order valence-electron chi connectivity index (χ1n) is 10.8. The van der Waals surface area contributed by atoms with Gasteiger partial charge in [0.1, 0.15) is 17.3 Å². The largest absolute Gasteiger partial charge is 0.346 e. The zero-order valence-corrected chi connectivity index (χ0v) is 17.9. The van der Waals surface area contributed by atoms with Crippen LogP contribution in [0, 0.1) is 12.7 Å². The van der Waals surface area contributed by atoms with Crippen molar-refractivity contribution in [2.24, 2.45) is 0 Å². The summed E-state index contributed by atoms with van der Waals surface area (Å²) >= 11 is 0. The number of aryl methyl sites for hydroxylation is 3. The van der Waals surface area contributed by atoms with Crippen LogP contribution in [0.4, 0.5) is 4.39 Å². The Morgan fingerprint density at radius 3 is 2.75 bits per heavy atom. The number of nitrogens with zero attached hydrogens (tertiary/aromatic N) is 4. The Kier molecular flexibility index (Phi) is 5.31. The molecule has 1 aliphatic rings. The van der Waals surface area contributed by atoms with Gasteiger partial charge >= 0.3 is 0 Å². The second kappa shape index (κ2) is 8.42. The van der Waals surface area contributed by atoms with Gasteiger partial charge in [-0.05, 0) is 50.1 Å². The molecule has 0 spiro atoms. The normalized spacial score (nSPS) is 13.1. The van der Waals surface area contributed by atoms with Gasteiger partial charge in [-0.3, -0.25) is 4.79 Å². The minimum Gasteiger partial charge on any atom is -0.346 e. The van der Waals surface area contributed by atoms with Crippen molar-refractivity contribution in [3.05, 3.63) is 89.4 Å². The number of carbonyl (C=O) groups is 1. The number of fused-ring (bicyclic) bond motifs is 1. The lowest BCUT2D eigenvalue weighted by Crippen LogP contribution is -2.23. The fourth-order valence-electron chi connectivity index (χ4n) is 4.09. The lowest BCUT2D eigenvalue weighted by Gasteiger charge is -2.11. The van der Waals surface area contributed by atoms with Crippen LogP contribution in [0.15, 0.2) is 60.9 Å². The van der Waals surface area contributed by atoms with Gasteiger partial charge in [0.2, 0.25) is 0 Å². The molecule has 0 aliphatic carbocycles. The molecule has 5 rings (SSSR count). The molecule has 32 heavy (non-hydrogen) atoms. The van der Waals surface area contributed by atoms with E-state index in [2.05, 4.69) is 20.0 Å². The van der Waals surface area contributed by atoms with Crippen molar-refractivity contribution in [2.75, 3.05) is 0 Å². The van der Waals surface area contributed by atoms with Gasteiger partial charge in [-0.15, -0.1) is 0 Å². The monoisotopic (exact) mass is 429 g/mol. The lowest BCUT2D eigenvalue weighted by molar-refractivity contribution is 0.0951. The number of rotatable bonds is 5. The zero-order valence-electron chi connectivity index (χ0n) is 17.9. The third kappa shape index (κ3) is 4.06. The van der Waals surface area contributed by atoms with Crippen LogP contribution >= 0.6 is 0 Å². The molecule has 3 heterocycles. The van der Waals surface area contributed by atoms with E-state index in [0.29, 0.717) is 23.5 Å². The highest BCUT2D eigenvalue weighted by molar-refractivity contribution is 5.99. The smallest absolute Gasteiger partial charge is 0.255 e. The predicted molar refractivity (Wildman–Crippen MR) is 120 cm³/mol. The van der Waals surface area contributed by atoms with Crippen LogP contribution in [0.5, 0.6) is 0 Å². The van der Waals surface area contributed by atoms with Crippen molar-refractivity contribution in [3.63, 3.8) is 0 Å².